The van der Waals surface area contributed by atoms with Crippen LogP contribution in [0.25, 0.3) is 0 Å². The molecule has 7 nitrogen and oxygen atoms in total. The van der Waals surface area contributed by atoms with Crippen molar-refractivity contribution >= 4 is 34.8 Å². The van der Waals surface area contributed by atoms with Crippen LogP contribution in [0.15, 0.2) is 24.3 Å². The van der Waals surface area contributed by atoms with Gasteiger partial charge in [0.1, 0.15) is 5.60 Å². The minimum Gasteiger partial charge on any atom is -0.444 e. The Balaban J connectivity index is 1.67. The number of thiocarbonyl (C=S) groups is 1. The average Bonchev–Trinajstić information content (AvgIpc) is 2.59. The fourth-order valence-corrected chi connectivity index (χ4v) is 2.63. The maximum absolute atomic E-state index is 11.5. The Bertz CT molecular complexity index is 595. The summed E-state index contributed by atoms with van der Waals surface area (Å²) >= 11 is 5.27. The molecule has 3 N–H and O–H groups in total. The number of nitrogens with one attached hydrogen (secondary N) is 3. The lowest BCUT2D eigenvalue weighted by Crippen LogP contribution is -2.39. The molecule has 0 unspecified atom stereocenters. The number of rotatable bonds is 5. The molecular formula is C18H28N4O3S. The largest absolute Gasteiger partial charge is 0.444 e. The van der Waals surface area contributed by atoms with Crippen LogP contribution in [0.1, 0.15) is 20.8 Å². The number of carbonyl (C=O) groups excluding carboxylic acids is 1. The van der Waals surface area contributed by atoms with Crippen molar-refractivity contribution in [2.45, 2.75) is 26.4 Å². The van der Waals surface area contributed by atoms with Crippen molar-refractivity contribution in [2.75, 3.05) is 49.6 Å². The smallest absolute Gasteiger partial charge is 0.407 e. The van der Waals surface area contributed by atoms with E-state index in [1.54, 1.807) is 0 Å². The third kappa shape index (κ3) is 7.45. The SMILES string of the molecule is CC(C)(C)OC(=O)NCCNC(=S)Nc1ccc(N2CCOCC2)cc1. The molecule has 1 fully saturated rings. The summed E-state index contributed by atoms with van der Waals surface area (Å²) < 4.78 is 10.5. The highest BCUT2D eigenvalue weighted by molar-refractivity contribution is 7.80. The summed E-state index contributed by atoms with van der Waals surface area (Å²) in [5.74, 6) is 0. The molecule has 2 rings (SSSR count). The molecule has 8 heteroatoms. The summed E-state index contributed by atoms with van der Waals surface area (Å²) in [5.41, 5.74) is 1.60. The monoisotopic (exact) mass is 380 g/mol. The maximum atomic E-state index is 11.5. The van der Waals surface area contributed by atoms with Crippen LogP contribution in [-0.4, -0.2) is 56.2 Å². The quantitative estimate of drug-likeness (QED) is 0.535. The van der Waals surface area contributed by atoms with Gasteiger partial charge in [-0.2, -0.15) is 0 Å². The topological polar surface area (TPSA) is 74.9 Å². The molecule has 0 spiro atoms. The van der Waals surface area contributed by atoms with Gasteiger partial charge in [0.25, 0.3) is 0 Å². The summed E-state index contributed by atoms with van der Waals surface area (Å²) in [4.78, 5) is 13.8. The number of benzene rings is 1. The summed E-state index contributed by atoms with van der Waals surface area (Å²) in [6, 6.07) is 8.14. The third-order valence-electron chi connectivity index (χ3n) is 3.58. The number of nitrogens with zero attached hydrogens (tertiary/aromatic N) is 1. The molecule has 1 aromatic carbocycles. The van der Waals surface area contributed by atoms with Crippen LogP contribution < -0.4 is 20.9 Å². The van der Waals surface area contributed by atoms with E-state index in [2.05, 4.69) is 33.0 Å². The maximum Gasteiger partial charge on any atom is 0.407 e. The summed E-state index contributed by atoms with van der Waals surface area (Å²) in [5, 5.41) is 9.37. The molecule has 0 aromatic heterocycles. The lowest BCUT2D eigenvalue weighted by molar-refractivity contribution is 0.0529. The lowest BCUT2D eigenvalue weighted by Gasteiger charge is -2.29. The molecule has 1 amide bonds. The van der Waals surface area contributed by atoms with Crippen LogP contribution in [0.3, 0.4) is 0 Å². The molecule has 0 radical (unpaired) electrons. The van der Waals surface area contributed by atoms with Crippen molar-refractivity contribution in [3.05, 3.63) is 24.3 Å². The summed E-state index contributed by atoms with van der Waals surface area (Å²) in [6.07, 6.45) is -0.433. The molecule has 0 bridgehead atoms. The van der Waals surface area contributed by atoms with E-state index in [1.165, 1.54) is 5.69 Å². The van der Waals surface area contributed by atoms with Crippen LogP contribution in [0, 0.1) is 0 Å². The van der Waals surface area contributed by atoms with Gasteiger partial charge in [0.05, 0.1) is 13.2 Å². The second-order valence-electron chi connectivity index (χ2n) is 6.96. The molecule has 0 aliphatic carbocycles. The Morgan fingerprint density at radius 1 is 1.15 bits per heavy atom. The summed E-state index contributed by atoms with van der Waals surface area (Å²) in [7, 11) is 0. The minimum absolute atomic E-state index is 0.423. The van der Waals surface area contributed by atoms with Gasteiger partial charge >= 0.3 is 6.09 Å². The van der Waals surface area contributed by atoms with E-state index in [-0.39, 0.29) is 0 Å². The molecule has 1 aliphatic heterocycles. The molecular weight excluding hydrogens is 352 g/mol. The predicted octanol–water partition coefficient (Wildman–Crippen LogP) is 2.33. The van der Waals surface area contributed by atoms with Gasteiger partial charge in [0, 0.05) is 37.6 Å². The van der Waals surface area contributed by atoms with Crippen LogP contribution in [-0.2, 0) is 9.47 Å². The molecule has 1 saturated heterocycles. The van der Waals surface area contributed by atoms with Crippen molar-refractivity contribution in [2.24, 2.45) is 0 Å². The number of anilines is 2. The van der Waals surface area contributed by atoms with E-state index in [4.69, 9.17) is 21.7 Å². The van der Waals surface area contributed by atoms with Gasteiger partial charge in [-0.1, -0.05) is 0 Å². The molecule has 144 valence electrons. The molecule has 0 atom stereocenters. The molecule has 1 aromatic rings. The van der Waals surface area contributed by atoms with Gasteiger partial charge in [-0.05, 0) is 57.3 Å². The highest BCUT2D eigenvalue weighted by Crippen LogP contribution is 2.18. The second kappa shape index (κ2) is 9.59. The van der Waals surface area contributed by atoms with Crippen molar-refractivity contribution in [3.8, 4) is 0 Å². The van der Waals surface area contributed by atoms with Crippen molar-refractivity contribution in [3.63, 3.8) is 0 Å². The van der Waals surface area contributed by atoms with E-state index in [1.807, 2.05) is 32.9 Å². The van der Waals surface area contributed by atoms with Crippen LogP contribution in [0.5, 0.6) is 0 Å². The van der Waals surface area contributed by atoms with Gasteiger partial charge in [-0.3, -0.25) is 0 Å². The zero-order valence-electron chi connectivity index (χ0n) is 15.6. The van der Waals surface area contributed by atoms with Gasteiger partial charge < -0.3 is 30.3 Å². The normalized spacial score (nSPS) is 14.5. The standard InChI is InChI=1S/C18H28N4O3S/c1-18(2,3)25-17(23)20-9-8-19-16(26)21-14-4-6-15(7-5-14)22-10-12-24-13-11-22/h4-7H,8-13H2,1-3H3,(H,20,23)(H2,19,21,26). The zero-order valence-corrected chi connectivity index (χ0v) is 16.4. The van der Waals surface area contributed by atoms with E-state index < -0.39 is 11.7 Å². The van der Waals surface area contributed by atoms with Gasteiger partial charge in [0.15, 0.2) is 5.11 Å². The highest BCUT2D eigenvalue weighted by Gasteiger charge is 2.15. The van der Waals surface area contributed by atoms with Crippen LogP contribution >= 0.6 is 12.2 Å². The van der Waals surface area contributed by atoms with Gasteiger partial charge in [-0.25, -0.2) is 4.79 Å². The Morgan fingerprint density at radius 3 is 2.38 bits per heavy atom. The first-order valence-corrected chi connectivity index (χ1v) is 9.19. The first kappa shape index (κ1) is 20.3. The van der Waals surface area contributed by atoms with Gasteiger partial charge in [0.2, 0.25) is 0 Å². The highest BCUT2D eigenvalue weighted by atomic mass is 32.1. The first-order valence-electron chi connectivity index (χ1n) is 8.78. The lowest BCUT2D eigenvalue weighted by atomic mass is 10.2. The first-order chi connectivity index (χ1) is 12.3. The third-order valence-corrected chi connectivity index (χ3v) is 3.83. The van der Waals surface area contributed by atoms with E-state index in [0.717, 1.165) is 32.0 Å². The minimum atomic E-state index is -0.498. The predicted molar refractivity (Wildman–Crippen MR) is 108 cm³/mol. The number of carbonyl (C=O) groups is 1. The number of amides is 1. The van der Waals surface area contributed by atoms with Crippen LogP contribution in [0.4, 0.5) is 16.2 Å². The Labute approximate surface area is 160 Å². The van der Waals surface area contributed by atoms with E-state index in [9.17, 15) is 4.79 Å². The second-order valence-corrected chi connectivity index (χ2v) is 7.36. The Hall–Kier alpha value is -2.06. The molecule has 1 aliphatic rings. The van der Waals surface area contributed by atoms with Crippen molar-refractivity contribution in [1.82, 2.24) is 10.6 Å². The fourth-order valence-electron chi connectivity index (χ4n) is 2.41. The molecule has 1 heterocycles. The Kier molecular flexibility index (Phi) is 7.47. The van der Waals surface area contributed by atoms with Crippen molar-refractivity contribution < 1.29 is 14.3 Å². The zero-order chi connectivity index (χ0) is 19.0. The molecule has 26 heavy (non-hydrogen) atoms. The number of hydrogen-bond donors (Lipinski definition) is 3. The van der Waals surface area contributed by atoms with Crippen LogP contribution in [0.2, 0.25) is 0 Å². The number of ether oxygens (including phenoxy) is 2. The molecule has 0 saturated carbocycles. The van der Waals surface area contributed by atoms with Gasteiger partial charge in [-0.15, -0.1) is 0 Å². The van der Waals surface area contributed by atoms with E-state index >= 15 is 0 Å². The summed E-state index contributed by atoms with van der Waals surface area (Å²) in [6.45, 7) is 9.78. The average molecular weight is 381 g/mol. The Morgan fingerprint density at radius 2 is 1.77 bits per heavy atom. The van der Waals surface area contributed by atoms with E-state index in [0.29, 0.717) is 18.2 Å². The number of morpholine rings is 1. The number of alkyl carbamates (subject to hydrolysis) is 1. The fraction of sp³-hybridized carbons (Fsp3) is 0.556. The number of hydrogen-bond acceptors (Lipinski definition) is 5. The van der Waals surface area contributed by atoms with Crippen molar-refractivity contribution in [1.29, 1.82) is 0 Å².